The van der Waals surface area contributed by atoms with Gasteiger partial charge in [-0.15, -0.1) is 0 Å². The van der Waals surface area contributed by atoms with Crippen molar-refractivity contribution < 1.29 is 46.9 Å². The van der Waals surface area contributed by atoms with Gasteiger partial charge in [-0.1, -0.05) is 19.1 Å². The van der Waals surface area contributed by atoms with Crippen LogP contribution in [-0.4, -0.2) is 104 Å². The number of nitrogens with one attached hydrogen (secondary N) is 3. The summed E-state index contributed by atoms with van der Waals surface area (Å²) >= 11 is 0. The minimum Gasteiger partial charge on any atom is -0.497 e. The number of ether oxygens (including phenoxy) is 3. The third-order valence-electron chi connectivity index (χ3n) is 10.3. The third-order valence-corrected chi connectivity index (χ3v) is 12.1. The van der Waals surface area contributed by atoms with Gasteiger partial charge < -0.3 is 34.9 Å². The molecule has 4 aliphatic rings. The summed E-state index contributed by atoms with van der Waals surface area (Å²) < 4.78 is 44.9. The first-order valence-electron chi connectivity index (χ1n) is 17.3. The highest BCUT2D eigenvalue weighted by atomic mass is 32.2. The van der Waals surface area contributed by atoms with E-state index in [1.54, 1.807) is 31.5 Å². The summed E-state index contributed by atoms with van der Waals surface area (Å²) in [6.07, 6.45) is 6.05. The Morgan fingerprint density at radius 1 is 1.14 bits per heavy atom. The second kappa shape index (κ2) is 14.7. The molecule has 2 aliphatic carbocycles. The van der Waals surface area contributed by atoms with Crippen molar-refractivity contribution in [2.24, 2.45) is 17.8 Å². The summed E-state index contributed by atoms with van der Waals surface area (Å²) in [5, 5.41) is 15.9. The lowest BCUT2D eigenvalue weighted by molar-refractivity contribution is -0.142. The molecule has 2 saturated carbocycles. The number of amides is 4. The van der Waals surface area contributed by atoms with Crippen LogP contribution in [0.15, 0.2) is 42.6 Å². The zero-order chi connectivity index (χ0) is 36.5. The quantitative estimate of drug-likeness (QED) is 0.276. The fraction of sp³-hybridized carbons (Fsp3) is 0.571. The molecule has 3 fully saturated rings. The van der Waals surface area contributed by atoms with Crippen LogP contribution in [0.25, 0.3) is 10.8 Å². The number of pyridine rings is 1. The Morgan fingerprint density at radius 3 is 2.63 bits per heavy atom. The highest BCUT2D eigenvalue weighted by molar-refractivity contribution is 7.91. The summed E-state index contributed by atoms with van der Waals surface area (Å²) in [6.45, 7) is 2.01. The van der Waals surface area contributed by atoms with Gasteiger partial charge in [0.25, 0.3) is 5.91 Å². The predicted octanol–water partition coefficient (Wildman–Crippen LogP) is 2.35. The van der Waals surface area contributed by atoms with Crippen molar-refractivity contribution in [3.63, 3.8) is 0 Å². The molecule has 0 bridgehead atoms. The summed E-state index contributed by atoms with van der Waals surface area (Å²) in [7, 11) is -0.869. The lowest BCUT2D eigenvalue weighted by Gasteiger charge is -2.33. The number of hydrogen-bond donors (Lipinski definition) is 4. The molecule has 15 nitrogen and oxygen atoms in total. The van der Waals surface area contributed by atoms with Crippen LogP contribution in [0, 0.1) is 17.8 Å². The Hall–Kier alpha value is -4.44. The lowest BCUT2D eigenvalue weighted by Crippen LogP contribution is -2.59. The maximum Gasteiger partial charge on any atom is 0.405 e. The van der Waals surface area contributed by atoms with Crippen LogP contribution in [0.5, 0.6) is 11.6 Å². The van der Waals surface area contributed by atoms with E-state index in [0.717, 1.165) is 5.39 Å². The molecule has 2 aromatic rings. The second-order valence-corrected chi connectivity index (χ2v) is 16.1. The highest BCUT2D eigenvalue weighted by Crippen LogP contribution is 2.46. The van der Waals surface area contributed by atoms with Crippen LogP contribution in [0.4, 0.5) is 4.79 Å². The van der Waals surface area contributed by atoms with Gasteiger partial charge in [-0.05, 0) is 74.1 Å². The first-order chi connectivity index (χ1) is 24.3. The van der Waals surface area contributed by atoms with Gasteiger partial charge in [0.05, 0.1) is 25.5 Å². The standard InChI is InChI=1S/C35H45N5O10S/c1-20-6-4-5-7-23-17-35(23,33(43)39-51(46,47)26-9-10-26)38-30(41)28-16-25(50-31-27-11-8-24(49-3)15-21(27)12-13-36-31)18-40(28)32(42)29(37-34(44)45)22(14-20)19-48-2/h5,7-8,11-13,15,20,22-23,25-26,28-29,37H,4,6,9-10,14,16-19H2,1-3H3,(H,38,41)(H,39,43)(H,44,45)/t20-,22+,23-,25-,28+,29+,35-/m1/s1. The molecule has 6 rings (SSSR count). The molecule has 276 valence electrons. The molecule has 4 N–H and O–H groups in total. The predicted molar refractivity (Wildman–Crippen MR) is 184 cm³/mol. The van der Waals surface area contributed by atoms with Crippen LogP contribution in [0.2, 0.25) is 0 Å². The minimum absolute atomic E-state index is 0.00445. The van der Waals surface area contributed by atoms with E-state index in [1.165, 1.54) is 12.0 Å². The molecule has 1 saturated heterocycles. The Labute approximate surface area is 296 Å². The van der Waals surface area contributed by atoms with Gasteiger partial charge in [0.2, 0.25) is 27.7 Å². The van der Waals surface area contributed by atoms with E-state index in [-0.39, 0.29) is 37.8 Å². The molecule has 7 atom stereocenters. The maximum atomic E-state index is 14.5. The van der Waals surface area contributed by atoms with Crippen LogP contribution in [-0.2, 0) is 29.1 Å². The van der Waals surface area contributed by atoms with E-state index >= 15 is 0 Å². The molecule has 0 radical (unpaired) electrons. The molecule has 4 amide bonds. The summed E-state index contributed by atoms with van der Waals surface area (Å²) in [5.74, 6) is -2.18. The normalized spacial score (nSPS) is 29.9. The molecule has 1 aromatic heterocycles. The molecular weight excluding hydrogens is 682 g/mol. The molecule has 1 aromatic carbocycles. The van der Waals surface area contributed by atoms with E-state index in [4.69, 9.17) is 14.2 Å². The molecule has 51 heavy (non-hydrogen) atoms. The van der Waals surface area contributed by atoms with Crippen molar-refractivity contribution in [1.29, 1.82) is 0 Å². The van der Waals surface area contributed by atoms with Gasteiger partial charge in [-0.25, -0.2) is 18.2 Å². The molecule has 2 aliphatic heterocycles. The van der Waals surface area contributed by atoms with Crippen molar-refractivity contribution >= 4 is 44.6 Å². The van der Waals surface area contributed by atoms with Gasteiger partial charge >= 0.3 is 6.09 Å². The fourth-order valence-corrected chi connectivity index (χ4v) is 8.70. The summed E-state index contributed by atoms with van der Waals surface area (Å²) in [5.41, 5.74) is -1.54. The molecule has 0 unspecified atom stereocenters. The molecule has 3 heterocycles. The van der Waals surface area contributed by atoms with Crippen molar-refractivity contribution in [2.75, 3.05) is 27.4 Å². The average molecular weight is 728 g/mol. The number of nitrogens with zero attached hydrogens (tertiary/aromatic N) is 2. The van der Waals surface area contributed by atoms with Crippen LogP contribution in [0.1, 0.15) is 51.9 Å². The van der Waals surface area contributed by atoms with E-state index < -0.39 is 74.7 Å². The van der Waals surface area contributed by atoms with Crippen LogP contribution < -0.4 is 24.8 Å². The Kier molecular flexibility index (Phi) is 10.4. The maximum absolute atomic E-state index is 14.5. The number of rotatable bonds is 9. The van der Waals surface area contributed by atoms with E-state index in [2.05, 4.69) is 20.3 Å². The first kappa shape index (κ1) is 36.4. The van der Waals surface area contributed by atoms with Gasteiger partial charge in [0.1, 0.15) is 29.5 Å². The molecular formula is C35H45N5O10S. The molecule has 16 heteroatoms. The topological polar surface area (TPSA) is 203 Å². The first-order valence-corrected chi connectivity index (χ1v) is 18.8. The largest absolute Gasteiger partial charge is 0.497 e. The number of carbonyl (C=O) groups excluding carboxylic acids is 3. The Bertz CT molecular complexity index is 1820. The smallest absolute Gasteiger partial charge is 0.405 e. The van der Waals surface area contributed by atoms with Crippen LogP contribution in [0.3, 0.4) is 0 Å². The minimum atomic E-state index is -3.91. The number of carboxylic acid groups (broad SMARTS) is 1. The fourth-order valence-electron chi connectivity index (χ4n) is 7.33. The lowest BCUT2D eigenvalue weighted by atomic mass is 9.87. The van der Waals surface area contributed by atoms with Gasteiger partial charge in [0, 0.05) is 36.9 Å². The summed E-state index contributed by atoms with van der Waals surface area (Å²) in [6, 6.07) is 4.75. The van der Waals surface area contributed by atoms with E-state index in [0.29, 0.717) is 43.2 Å². The van der Waals surface area contributed by atoms with Crippen molar-refractivity contribution in [3.05, 3.63) is 42.6 Å². The van der Waals surface area contributed by atoms with Crippen LogP contribution >= 0.6 is 0 Å². The zero-order valence-electron chi connectivity index (χ0n) is 28.9. The third kappa shape index (κ3) is 7.91. The van der Waals surface area contributed by atoms with Gasteiger partial charge in [-0.2, -0.15) is 0 Å². The zero-order valence-corrected chi connectivity index (χ0v) is 29.7. The van der Waals surface area contributed by atoms with Gasteiger partial charge in [-0.3, -0.25) is 19.1 Å². The Morgan fingerprint density at radius 2 is 1.92 bits per heavy atom. The second-order valence-electron chi connectivity index (χ2n) is 14.1. The number of carbonyl (C=O) groups is 4. The number of benzene rings is 1. The van der Waals surface area contributed by atoms with E-state index in [1.807, 2.05) is 25.1 Å². The SMILES string of the molecule is COC[C@@H]1C[C@H](C)CCC=C[C@@H]2C[C@@]2(C(=O)NS(=O)(=O)C2CC2)NC(=O)[C@@H]2C[C@@H](Oc3nccc4cc(OC)ccc34)CN2C(=O)[C@H]1NC(=O)O. The highest BCUT2D eigenvalue weighted by Gasteiger charge is 2.62. The number of methoxy groups -OCH3 is 2. The molecule has 0 spiro atoms. The monoisotopic (exact) mass is 727 g/mol. The number of allylic oxidation sites excluding steroid dienone is 1. The number of aromatic nitrogens is 1. The Balaban J connectivity index is 1.35. The van der Waals surface area contributed by atoms with Crippen molar-refractivity contribution in [3.8, 4) is 11.6 Å². The van der Waals surface area contributed by atoms with E-state index in [9.17, 15) is 32.7 Å². The number of sulfonamides is 1. The van der Waals surface area contributed by atoms with Crippen molar-refractivity contribution in [1.82, 2.24) is 25.2 Å². The van der Waals surface area contributed by atoms with Crippen molar-refractivity contribution in [2.45, 2.75) is 80.8 Å². The average Bonchev–Trinajstić information content (AvgIpc) is 4.02. The number of fused-ring (bicyclic) bond motifs is 3. The summed E-state index contributed by atoms with van der Waals surface area (Å²) in [4.78, 5) is 60.3. The number of hydrogen-bond acceptors (Lipinski definition) is 10. The van der Waals surface area contributed by atoms with Gasteiger partial charge in [0.15, 0.2) is 0 Å².